The second-order valence-electron chi connectivity index (χ2n) is 8.45. The SMILES string of the molecule is CC(C)C(C(=O)NC1CCSCC1)c1ccc(-c2ccc3cccc(F)c3c2)[nH]c1=O. The van der Waals surface area contributed by atoms with Crippen LogP contribution in [0.25, 0.3) is 22.0 Å². The molecule has 2 N–H and O–H groups in total. The van der Waals surface area contributed by atoms with Crippen molar-refractivity contribution in [2.24, 2.45) is 5.92 Å². The Balaban J connectivity index is 1.63. The van der Waals surface area contributed by atoms with Crippen LogP contribution in [0.1, 0.15) is 38.2 Å². The van der Waals surface area contributed by atoms with Crippen LogP contribution in [0.4, 0.5) is 4.39 Å². The number of aromatic amines is 1. The summed E-state index contributed by atoms with van der Waals surface area (Å²) in [6.45, 7) is 3.92. The lowest BCUT2D eigenvalue weighted by Gasteiger charge is -2.27. The first-order valence-corrected chi connectivity index (χ1v) is 11.9. The maximum absolute atomic E-state index is 14.2. The highest BCUT2D eigenvalue weighted by Crippen LogP contribution is 2.27. The number of pyridine rings is 1. The van der Waals surface area contributed by atoms with Crippen LogP contribution in [-0.2, 0) is 4.79 Å². The Morgan fingerprint density at radius 3 is 2.61 bits per heavy atom. The third-order valence-corrected chi connectivity index (χ3v) is 6.98. The number of carbonyl (C=O) groups is 1. The summed E-state index contributed by atoms with van der Waals surface area (Å²) >= 11 is 1.91. The van der Waals surface area contributed by atoms with Crippen LogP contribution in [0.3, 0.4) is 0 Å². The molecule has 0 aliphatic carbocycles. The number of carbonyl (C=O) groups excluding carboxylic acids is 1. The molecule has 0 bridgehead atoms. The average molecular weight is 439 g/mol. The van der Waals surface area contributed by atoms with E-state index in [2.05, 4.69) is 10.3 Å². The number of fused-ring (bicyclic) bond motifs is 1. The molecule has 1 saturated heterocycles. The van der Waals surface area contributed by atoms with Crippen LogP contribution in [0.5, 0.6) is 0 Å². The van der Waals surface area contributed by atoms with Gasteiger partial charge in [0.1, 0.15) is 5.82 Å². The molecule has 4 nitrogen and oxygen atoms in total. The average Bonchev–Trinajstić information content (AvgIpc) is 2.75. The van der Waals surface area contributed by atoms with Crippen LogP contribution in [0.15, 0.2) is 53.3 Å². The largest absolute Gasteiger partial charge is 0.353 e. The van der Waals surface area contributed by atoms with Crippen molar-refractivity contribution in [3.63, 3.8) is 0 Å². The molecule has 4 rings (SSSR count). The summed E-state index contributed by atoms with van der Waals surface area (Å²) in [4.78, 5) is 28.9. The number of rotatable bonds is 5. The minimum Gasteiger partial charge on any atom is -0.353 e. The number of hydrogen-bond donors (Lipinski definition) is 2. The Hall–Kier alpha value is -2.60. The number of amides is 1. The summed E-state index contributed by atoms with van der Waals surface area (Å²) < 4.78 is 14.2. The zero-order chi connectivity index (χ0) is 22.0. The number of nitrogens with one attached hydrogen (secondary N) is 2. The van der Waals surface area contributed by atoms with E-state index < -0.39 is 5.92 Å². The summed E-state index contributed by atoms with van der Waals surface area (Å²) in [6.07, 6.45) is 1.93. The van der Waals surface area contributed by atoms with E-state index in [1.165, 1.54) is 6.07 Å². The van der Waals surface area contributed by atoms with Crippen LogP contribution >= 0.6 is 11.8 Å². The van der Waals surface area contributed by atoms with Crippen molar-refractivity contribution in [2.45, 2.75) is 38.6 Å². The summed E-state index contributed by atoms with van der Waals surface area (Å²) in [7, 11) is 0. The molecule has 0 radical (unpaired) electrons. The Bertz CT molecular complexity index is 1150. The van der Waals surface area contributed by atoms with Gasteiger partial charge < -0.3 is 10.3 Å². The maximum Gasteiger partial charge on any atom is 0.252 e. The molecule has 1 unspecified atom stereocenters. The van der Waals surface area contributed by atoms with Gasteiger partial charge in [0.15, 0.2) is 0 Å². The monoisotopic (exact) mass is 438 g/mol. The Kier molecular flexibility index (Phi) is 6.46. The maximum atomic E-state index is 14.2. The molecule has 162 valence electrons. The highest BCUT2D eigenvalue weighted by molar-refractivity contribution is 7.99. The topological polar surface area (TPSA) is 62.0 Å². The van der Waals surface area contributed by atoms with Crippen molar-refractivity contribution in [1.29, 1.82) is 0 Å². The molecule has 1 atom stereocenters. The van der Waals surface area contributed by atoms with E-state index in [0.717, 1.165) is 35.3 Å². The first-order chi connectivity index (χ1) is 14.9. The van der Waals surface area contributed by atoms with Gasteiger partial charge in [-0.15, -0.1) is 0 Å². The summed E-state index contributed by atoms with van der Waals surface area (Å²) in [5, 5.41) is 4.47. The quantitative estimate of drug-likeness (QED) is 0.584. The molecule has 31 heavy (non-hydrogen) atoms. The highest BCUT2D eigenvalue weighted by atomic mass is 32.2. The van der Waals surface area contributed by atoms with E-state index in [1.807, 2.05) is 43.8 Å². The molecule has 1 fully saturated rings. The van der Waals surface area contributed by atoms with Crippen molar-refractivity contribution in [3.05, 3.63) is 70.3 Å². The van der Waals surface area contributed by atoms with Crippen LogP contribution in [0, 0.1) is 11.7 Å². The number of benzene rings is 2. The molecule has 1 amide bonds. The Morgan fingerprint density at radius 2 is 1.90 bits per heavy atom. The van der Waals surface area contributed by atoms with Crippen molar-refractivity contribution in [3.8, 4) is 11.3 Å². The van der Waals surface area contributed by atoms with Gasteiger partial charge in [-0.3, -0.25) is 9.59 Å². The number of halogens is 1. The third-order valence-electron chi connectivity index (χ3n) is 5.93. The number of hydrogen-bond acceptors (Lipinski definition) is 3. The van der Waals surface area contributed by atoms with Gasteiger partial charge in [0.05, 0.1) is 5.92 Å². The second-order valence-corrected chi connectivity index (χ2v) is 9.67. The Labute approximate surface area is 185 Å². The third kappa shape index (κ3) is 4.69. The molecular weight excluding hydrogens is 411 g/mol. The molecule has 2 aromatic carbocycles. The van der Waals surface area contributed by atoms with Crippen LogP contribution in [-0.4, -0.2) is 28.4 Å². The highest BCUT2D eigenvalue weighted by Gasteiger charge is 2.29. The predicted octanol–water partition coefficient (Wildman–Crippen LogP) is 5.09. The van der Waals surface area contributed by atoms with Crippen LogP contribution in [0.2, 0.25) is 0 Å². The van der Waals surface area contributed by atoms with Crippen molar-refractivity contribution < 1.29 is 9.18 Å². The van der Waals surface area contributed by atoms with Gasteiger partial charge in [0, 0.05) is 22.7 Å². The molecule has 6 heteroatoms. The molecule has 0 spiro atoms. The molecule has 3 aromatic rings. The molecule has 1 aliphatic rings. The van der Waals surface area contributed by atoms with Gasteiger partial charge >= 0.3 is 0 Å². The smallest absolute Gasteiger partial charge is 0.252 e. The van der Waals surface area contributed by atoms with Gasteiger partial charge in [-0.25, -0.2) is 4.39 Å². The lowest BCUT2D eigenvalue weighted by Crippen LogP contribution is -2.42. The van der Waals surface area contributed by atoms with Gasteiger partial charge in [0.2, 0.25) is 5.91 Å². The first kappa shape index (κ1) is 21.6. The van der Waals surface area contributed by atoms with Gasteiger partial charge in [-0.05, 0) is 59.4 Å². The lowest BCUT2D eigenvalue weighted by atomic mass is 9.87. The number of aromatic nitrogens is 1. The van der Waals surface area contributed by atoms with Gasteiger partial charge in [0.25, 0.3) is 5.56 Å². The summed E-state index contributed by atoms with van der Waals surface area (Å²) in [5.41, 5.74) is 1.52. The van der Waals surface area contributed by atoms with E-state index in [0.29, 0.717) is 16.6 Å². The fourth-order valence-corrected chi connectivity index (χ4v) is 5.34. The van der Waals surface area contributed by atoms with E-state index in [-0.39, 0.29) is 29.2 Å². The standard InChI is InChI=1S/C25H27FN2O2S/c1-15(2)23(25(30)27-18-10-12-31-13-11-18)19-8-9-22(28-24(19)29)17-7-6-16-4-3-5-21(26)20(16)14-17/h3-9,14-15,18,23H,10-13H2,1-2H3,(H,27,30)(H,28,29). The molecule has 1 aromatic heterocycles. The Morgan fingerprint density at radius 1 is 1.13 bits per heavy atom. The van der Waals surface area contributed by atoms with Crippen molar-refractivity contribution in [2.75, 3.05) is 11.5 Å². The molecule has 0 saturated carbocycles. The van der Waals surface area contributed by atoms with E-state index in [4.69, 9.17) is 0 Å². The zero-order valence-electron chi connectivity index (χ0n) is 17.8. The second kappa shape index (κ2) is 9.27. The summed E-state index contributed by atoms with van der Waals surface area (Å²) in [6, 6.07) is 14.1. The van der Waals surface area contributed by atoms with E-state index in [9.17, 15) is 14.0 Å². The van der Waals surface area contributed by atoms with Gasteiger partial charge in [-0.2, -0.15) is 11.8 Å². The summed E-state index contributed by atoms with van der Waals surface area (Å²) in [5.74, 6) is 1.20. The predicted molar refractivity (Wildman–Crippen MR) is 126 cm³/mol. The lowest BCUT2D eigenvalue weighted by molar-refractivity contribution is -0.124. The zero-order valence-corrected chi connectivity index (χ0v) is 18.6. The van der Waals surface area contributed by atoms with E-state index >= 15 is 0 Å². The van der Waals surface area contributed by atoms with Crippen molar-refractivity contribution in [1.82, 2.24) is 10.3 Å². The normalized spacial score (nSPS) is 15.9. The fraction of sp³-hybridized carbons (Fsp3) is 0.360. The molecule has 1 aliphatic heterocycles. The fourth-order valence-electron chi connectivity index (χ4n) is 4.24. The van der Waals surface area contributed by atoms with Crippen LogP contribution < -0.4 is 10.9 Å². The minimum absolute atomic E-state index is 0.0142. The van der Waals surface area contributed by atoms with Crippen molar-refractivity contribution >= 4 is 28.4 Å². The number of thioether (sulfide) groups is 1. The first-order valence-electron chi connectivity index (χ1n) is 10.7. The van der Waals surface area contributed by atoms with E-state index in [1.54, 1.807) is 24.3 Å². The molecular formula is C25H27FN2O2S. The molecule has 2 heterocycles. The van der Waals surface area contributed by atoms with Gasteiger partial charge in [-0.1, -0.05) is 44.2 Å². The number of H-pyrrole nitrogens is 1. The minimum atomic E-state index is -0.513.